The molecule has 2 aromatic carbocycles. The molecule has 0 bridgehead atoms. The molecule has 0 radical (unpaired) electrons. The number of rotatable bonds is 5. The van der Waals surface area contributed by atoms with Crippen LogP contribution in [-0.4, -0.2) is 37.6 Å². The lowest BCUT2D eigenvalue weighted by Gasteiger charge is -2.15. The van der Waals surface area contributed by atoms with Crippen LogP contribution in [-0.2, 0) is 26.2 Å². The molecule has 1 aliphatic rings. The van der Waals surface area contributed by atoms with E-state index in [0.717, 1.165) is 17.3 Å². The molecular weight excluding hydrogens is 446 g/mol. The van der Waals surface area contributed by atoms with E-state index in [1.165, 1.54) is 16.4 Å². The summed E-state index contributed by atoms with van der Waals surface area (Å²) in [5, 5.41) is 5.03. The summed E-state index contributed by atoms with van der Waals surface area (Å²) in [7, 11) is -3.46. The summed E-state index contributed by atoms with van der Waals surface area (Å²) in [6.07, 6.45) is 1.76. The van der Waals surface area contributed by atoms with Gasteiger partial charge in [-0.1, -0.05) is 28.1 Å². The third-order valence-corrected chi connectivity index (χ3v) is 6.83. The summed E-state index contributed by atoms with van der Waals surface area (Å²) in [5.74, 6) is -1.53. The van der Waals surface area contributed by atoms with Crippen LogP contribution >= 0.6 is 15.9 Å². The van der Waals surface area contributed by atoms with Gasteiger partial charge in [0.2, 0.25) is 10.0 Å². The number of benzene rings is 2. The first-order valence-electron chi connectivity index (χ1n) is 8.80. The average Bonchev–Trinajstić information content (AvgIpc) is 3.24. The van der Waals surface area contributed by atoms with E-state index >= 15 is 0 Å². The summed E-state index contributed by atoms with van der Waals surface area (Å²) in [6, 6.07) is 13.2. The van der Waals surface area contributed by atoms with Gasteiger partial charge in [0.1, 0.15) is 0 Å². The van der Waals surface area contributed by atoms with Crippen molar-refractivity contribution in [1.29, 1.82) is 0 Å². The molecule has 3 rings (SSSR count). The number of hydrogen-bond donors (Lipinski definition) is 2. The standard InChI is InChI=1S/C19H20BrN3O4S/c20-15-5-7-16(8-6-15)22-19(25)18(24)21-13-14-3-9-17(10-4-14)28(26,27)23-11-1-2-12-23/h3-10H,1-2,11-13H2,(H,21,24)(H,22,25). The Morgan fingerprint density at radius 3 is 2.14 bits per heavy atom. The zero-order valence-corrected chi connectivity index (χ0v) is 17.4. The lowest BCUT2D eigenvalue weighted by Crippen LogP contribution is -2.35. The van der Waals surface area contributed by atoms with Crippen LogP contribution in [0.25, 0.3) is 0 Å². The van der Waals surface area contributed by atoms with Crippen molar-refractivity contribution in [3.05, 3.63) is 58.6 Å². The van der Waals surface area contributed by atoms with Crippen molar-refractivity contribution in [2.75, 3.05) is 18.4 Å². The Morgan fingerprint density at radius 2 is 1.54 bits per heavy atom. The summed E-state index contributed by atoms with van der Waals surface area (Å²) in [5.41, 5.74) is 1.21. The molecule has 2 N–H and O–H groups in total. The smallest absolute Gasteiger partial charge is 0.313 e. The van der Waals surface area contributed by atoms with E-state index in [4.69, 9.17) is 0 Å². The number of hydrogen-bond acceptors (Lipinski definition) is 4. The quantitative estimate of drug-likeness (QED) is 0.662. The van der Waals surface area contributed by atoms with Crippen LogP contribution in [0.15, 0.2) is 57.9 Å². The molecule has 9 heteroatoms. The molecule has 0 spiro atoms. The molecule has 7 nitrogen and oxygen atoms in total. The maximum atomic E-state index is 12.5. The Kier molecular flexibility index (Phi) is 6.48. The van der Waals surface area contributed by atoms with Gasteiger partial charge in [-0.15, -0.1) is 0 Å². The van der Waals surface area contributed by atoms with Crippen LogP contribution in [0, 0.1) is 0 Å². The van der Waals surface area contributed by atoms with Crippen molar-refractivity contribution < 1.29 is 18.0 Å². The van der Waals surface area contributed by atoms with Gasteiger partial charge >= 0.3 is 11.8 Å². The molecule has 28 heavy (non-hydrogen) atoms. The van der Waals surface area contributed by atoms with E-state index in [0.29, 0.717) is 24.3 Å². The summed E-state index contributed by atoms with van der Waals surface area (Å²) >= 11 is 3.30. The molecule has 1 heterocycles. The number of carbonyl (C=O) groups is 2. The molecule has 1 aliphatic heterocycles. The fraction of sp³-hybridized carbons (Fsp3) is 0.263. The van der Waals surface area contributed by atoms with Gasteiger partial charge in [0, 0.05) is 29.8 Å². The van der Waals surface area contributed by atoms with E-state index < -0.39 is 21.8 Å². The zero-order chi connectivity index (χ0) is 20.1. The van der Waals surface area contributed by atoms with Crippen LogP contribution in [0.4, 0.5) is 5.69 Å². The van der Waals surface area contributed by atoms with Gasteiger partial charge in [0.15, 0.2) is 0 Å². The third kappa shape index (κ3) is 4.98. The minimum Gasteiger partial charge on any atom is -0.344 e. The Balaban J connectivity index is 1.54. The number of amides is 2. The van der Waals surface area contributed by atoms with Gasteiger partial charge in [0.25, 0.3) is 0 Å². The molecule has 0 aliphatic carbocycles. The molecule has 0 aromatic heterocycles. The van der Waals surface area contributed by atoms with Crippen molar-refractivity contribution in [2.45, 2.75) is 24.3 Å². The van der Waals surface area contributed by atoms with Crippen molar-refractivity contribution in [1.82, 2.24) is 9.62 Å². The second-order valence-corrected chi connectivity index (χ2v) is 9.25. The molecule has 1 fully saturated rings. The Bertz CT molecular complexity index is 954. The molecule has 148 valence electrons. The minimum absolute atomic E-state index is 0.122. The van der Waals surface area contributed by atoms with E-state index in [-0.39, 0.29) is 11.4 Å². The minimum atomic E-state index is -3.46. The third-order valence-electron chi connectivity index (χ3n) is 4.39. The first-order valence-corrected chi connectivity index (χ1v) is 11.0. The van der Waals surface area contributed by atoms with Crippen molar-refractivity contribution >= 4 is 43.5 Å². The normalized spacial score (nSPS) is 14.6. The first-order chi connectivity index (χ1) is 13.4. The maximum absolute atomic E-state index is 12.5. The van der Waals surface area contributed by atoms with E-state index in [2.05, 4.69) is 26.6 Å². The monoisotopic (exact) mass is 465 g/mol. The number of sulfonamides is 1. The van der Waals surface area contributed by atoms with Crippen molar-refractivity contribution in [3.8, 4) is 0 Å². The van der Waals surface area contributed by atoms with Gasteiger partial charge in [-0.2, -0.15) is 4.31 Å². The summed E-state index contributed by atoms with van der Waals surface area (Å²) < 4.78 is 27.3. The van der Waals surface area contributed by atoms with Gasteiger partial charge < -0.3 is 10.6 Å². The van der Waals surface area contributed by atoms with E-state index in [9.17, 15) is 18.0 Å². The number of nitrogens with zero attached hydrogens (tertiary/aromatic N) is 1. The zero-order valence-electron chi connectivity index (χ0n) is 15.0. The molecule has 1 saturated heterocycles. The van der Waals surface area contributed by atoms with Crippen LogP contribution in [0.2, 0.25) is 0 Å². The average molecular weight is 466 g/mol. The number of anilines is 1. The lowest BCUT2D eigenvalue weighted by atomic mass is 10.2. The fourth-order valence-electron chi connectivity index (χ4n) is 2.84. The highest BCUT2D eigenvalue weighted by Gasteiger charge is 2.26. The number of halogens is 1. The lowest BCUT2D eigenvalue weighted by molar-refractivity contribution is -0.136. The predicted molar refractivity (Wildman–Crippen MR) is 109 cm³/mol. The van der Waals surface area contributed by atoms with Crippen LogP contribution in [0.3, 0.4) is 0 Å². The molecule has 2 amide bonds. The molecule has 0 saturated carbocycles. The second kappa shape index (κ2) is 8.85. The fourth-order valence-corrected chi connectivity index (χ4v) is 4.62. The van der Waals surface area contributed by atoms with Crippen LogP contribution in [0.1, 0.15) is 18.4 Å². The molecule has 2 aromatic rings. The summed E-state index contributed by atoms with van der Waals surface area (Å²) in [6.45, 7) is 1.22. The predicted octanol–water partition coefficient (Wildman–Crippen LogP) is 2.49. The molecule has 0 unspecified atom stereocenters. The first kappa shape index (κ1) is 20.5. The van der Waals surface area contributed by atoms with Gasteiger partial charge in [-0.05, 0) is 54.8 Å². The largest absolute Gasteiger partial charge is 0.344 e. The van der Waals surface area contributed by atoms with Crippen molar-refractivity contribution in [3.63, 3.8) is 0 Å². The second-order valence-electron chi connectivity index (χ2n) is 6.40. The molecular formula is C19H20BrN3O4S. The van der Waals surface area contributed by atoms with Crippen LogP contribution < -0.4 is 10.6 Å². The van der Waals surface area contributed by atoms with Gasteiger partial charge in [-0.25, -0.2) is 8.42 Å². The van der Waals surface area contributed by atoms with Gasteiger partial charge in [-0.3, -0.25) is 9.59 Å². The SMILES string of the molecule is O=C(NCc1ccc(S(=O)(=O)N2CCCC2)cc1)C(=O)Nc1ccc(Br)cc1. The topological polar surface area (TPSA) is 95.6 Å². The van der Waals surface area contributed by atoms with E-state index in [1.54, 1.807) is 36.4 Å². The highest BCUT2D eigenvalue weighted by Crippen LogP contribution is 2.21. The Morgan fingerprint density at radius 1 is 0.929 bits per heavy atom. The molecule has 0 atom stereocenters. The Labute approximate surface area is 172 Å². The highest BCUT2D eigenvalue weighted by atomic mass is 79.9. The maximum Gasteiger partial charge on any atom is 0.313 e. The van der Waals surface area contributed by atoms with E-state index in [1.807, 2.05) is 0 Å². The van der Waals surface area contributed by atoms with Crippen molar-refractivity contribution in [2.24, 2.45) is 0 Å². The van der Waals surface area contributed by atoms with Gasteiger partial charge in [0.05, 0.1) is 4.90 Å². The number of nitrogens with one attached hydrogen (secondary N) is 2. The number of carbonyl (C=O) groups excluding carboxylic acids is 2. The summed E-state index contributed by atoms with van der Waals surface area (Å²) in [4.78, 5) is 24.1. The highest BCUT2D eigenvalue weighted by molar-refractivity contribution is 9.10. The van der Waals surface area contributed by atoms with Crippen LogP contribution in [0.5, 0.6) is 0 Å². The Hall–Kier alpha value is -2.23.